The monoisotopic (exact) mass is 254 g/mol. The van der Waals surface area contributed by atoms with Gasteiger partial charge in [-0.25, -0.2) is 0 Å². The number of carbonyl (C=O) groups excluding carboxylic acids is 1. The summed E-state index contributed by atoms with van der Waals surface area (Å²) >= 11 is 0. The molecule has 1 saturated heterocycles. The molecule has 1 heterocycles. The van der Waals surface area contributed by atoms with Crippen LogP contribution in [-0.2, 0) is 4.79 Å². The average Bonchev–Trinajstić information content (AvgIpc) is 2.28. The molecule has 1 unspecified atom stereocenters. The molecule has 0 saturated carbocycles. The van der Waals surface area contributed by atoms with Gasteiger partial charge < -0.3 is 10.2 Å². The molecule has 106 valence electrons. The number of carbonyl (C=O) groups is 1. The topological polar surface area (TPSA) is 32.3 Å². The molecule has 1 aliphatic heterocycles. The summed E-state index contributed by atoms with van der Waals surface area (Å²) in [5.74, 6) is 0.289. The Bertz CT molecular complexity index is 258. The van der Waals surface area contributed by atoms with Crippen molar-refractivity contribution in [1.29, 1.82) is 0 Å². The first-order chi connectivity index (χ1) is 8.08. The highest BCUT2D eigenvalue weighted by Gasteiger charge is 2.31. The molecule has 1 fully saturated rings. The maximum Gasteiger partial charge on any atom is 0.239 e. The van der Waals surface area contributed by atoms with E-state index in [1.165, 1.54) is 0 Å². The van der Waals surface area contributed by atoms with E-state index in [2.05, 4.69) is 51.8 Å². The number of likely N-dealkylation sites (tertiary alicyclic amines) is 1. The fourth-order valence-electron chi connectivity index (χ4n) is 2.49. The Kier molecular flexibility index (Phi) is 4.82. The Hall–Kier alpha value is -0.570. The van der Waals surface area contributed by atoms with E-state index in [0.717, 1.165) is 32.4 Å². The molecule has 18 heavy (non-hydrogen) atoms. The molecule has 0 aromatic rings. The summed E-state index contributed by atoms with van der Waals surface area (Å²) in [6, 6.07) is -0.00477. The van der Waals surface area contributed by atoms with Crippen molar-refractivity contribution in [3.63, 3.8) is 0 Å². The third kappa shape index (κ3) is 5.38. The van der Waals surface area contributed by atoms with Crippen LogP contribution in [0.1, 0.15) is 60.8 Å². The largest absolute Gasteiger partial charge is 0.341 e. The molecule has 1 atom stereocenters. The summed E-state index contributed by atoms with van der Waals surface area (Å²) in [7, 11) is 0. The third-order valence-corrected chi connectivity index (χ3v) is 3.05. The van der Waals surface area contributed by atoms with Crippen LogP contribution < -0.4 is 5.32 Å². The summed E-state index contributed by atoms with van der Waals surface area (Å²) in [6.07, 6.45) is 3.24. The van der Waals surface area contributed by atoms with Gasteiger partial charge >= 0.3 is 0 Å². The molecule has 0 aromatic heterocycles. The molecule has 0 aromatic carbocycles. The van der Waals surface area contributed by atoms with Crippen LogP contribution in [0.2, 0.25) is 0 Å². The highest BCUT2D eigenvalue weighted by Crippen LogP contribution is 2.20. The van der Waals surface area contributed by atoms with Crippen LogP contribution in [0.5, 0.6) is 0 Å². The molecular weight excluding hydrogens is 224 g/mol. The van der Waals surface area contributed by atoms with E-state index in [1.54, 1.807) is 0 Å². The Morgan fingerprint density at radius 1 is 1.17 bits per heavy atom. The molecular formula is C15H30N2O. The summed E-state index contributed by atoms with van der Waals surface area (Å²) in [4.78, 5) is 14.6. The lowest BCUT2D eigenvalue weighted by Crippen LogP contribution is -2.53. The molecule has 1 N–H and O–H groups in total. The first-order valence-electron chi connectivity index (χ1n) is 7.15. The van der Waals surface area contributed by atoms with Gasteiger partial charge in [-0.05, 0) is 45.4 Å². The Morgan fingerprint density at radius 2 is 1.78 bits per heavy atom. The second-order valence-corrected chi connectivity index (χ2v) is 7.76. The number of nitrogens with one attached hydrogen (secondary N) is 1. The summed E-state index contributed by atoms with van der Waals surface area (Å²) in [6.45, 7) is 14.7. The molecule has 1 rings (SSSR count). The second kappa shape index (κ2) is 5.60. The fourth-order valence-corrected chi connectivity index (χ4v) is 2.49. The van der Waals surface area contributed by atoms with E-state index < -0.39 is 0 Å². The van der Waals surface area contributed by atoms with E-state index in [9.17, 15) is 4.79 Å². The molecule has 0 bridgehead atoms. The predicted molar refractivity (Wildman–Crippen MR) is 76.6 cm³/mol. The lowest BCUT2D eigenvalue weighted by atomic mass is 9.95. The molecule has 3 nitrogen and oxygen atoms in total. The predicted octanol–water partition coefficient (Wildman–Crippen LogP) is 2.80. The average molecular weight is 254 g/mol. The van der Waals surface area contributed by atoms with Gasteiger partial charge in [-0.3, -0.25) is 4.79 Å². The van der Waals surface area contributed by atoms with Gasteiger partial charge in [-0.2, -0.15) is 0 Å². The SMILES string of the molecule is CC(C)(C)CN1CCCCC(NC(C)(C)C)C1=O. The van der Waals surface area contributed by atoms with Crippen molar-refractivity contribution < 1.29 is 4.79 Å². The quantitative estimate of drug-likeness (QED) is 0.822. The highest BCUT2D eigenvalue weighted by atomic mass is 16.2. The standard InChI is InChI=1S/C15H30N2O/c1-14(2,3)11-17-10-8-7-9-12(13(17)18)16-15(4,5)6/h12,16H,7-11H2,1-6H3. The van der Waals surface area contributed by atoms with Crippen LogP contribution in [0.25, 0.3) is 0 Å². The first-order valence-corrected chi connectivity index (χ1v) is 7.15. The minimum Gasteiger partial charge on any atom is -0.341 e. The molecule has 1 amide bonds. The highest BCUT2D eigenvalue weighted by molar-refractivity contribution is 5.82. The lowest BCUT2D eigenvalue weighted by Gasteiger charge is -2.33. The molecule has 0 spiro atoms. The first kappa shape index (κ1) is 15.5. The van der Waals surface area contributed by atoms with Crippen LogP contribution in [-0.4, -0.2) is 35.5 Å². The van der Waals surface area contributed by atoms with Crippen LogP contribution in [0.15, 0.2) is 0 Å². The number of amides is 1. The summed E-state index contributed by atoms with van der Waals surface area (Å²) in [5, 5.41) is 3.47. The third-order valence-electron chi connectivity index (χ3n) is 3.05. The Morgan fingerprint density at radius 3 is 2.28 bits per heavy atom. The number of nitrogens with zero attached hydrogens (tertiary/aromatic N) is 1. The van der Waals surface area contributed by atoms with Crippen molar-refractivity contribution in [2.45, 2.75) is 72.4 Å². The smallest absolute Gasteiger partial charge is 0.239 e. The van der Waals surface area contributed by atoms with E-state index in [0.29, 0.717) is 0 Å². The van der Waals surface area contributed by atoms with Gasteiger partial charge in [0.15, 0.2) is 0 Å². The van der Waals surface area contributed by atoms with Crippen LogP contribution in [0.4, 0.5) is 0 Å². The Balaban J connectivity index is 2.72. The van der Waals surface area contributed by atoms with Crippen LogP contribution in [0, 0.1) is 5.41 Å². The maximum absolute atomic E-state index is 12.6. The van der Waals surface area contributed by atoms with Gasteiger partial charge in [0.05, 0.1) is 6.04 Å². The summed E-state index contributed by atoms with van der Waals surface area (Å²) < 4.78 is 0. The van der Waals surface area contributed by atoms with Crippen molar-refractivity contribution in [3.8, 4) is 0 Å². The number of hydrogen-bond donors (Lipinski definition) is 1. The number of hydrogen-bond acceptors (Lipinski definition) is 2. The second-order valence-electron chi connectivity index (χ2n) is 7.76. The van der Waals surface area contributed by atoms with Crippen LogP contribution in [0.3, 0.4) is 0 Å². The molecule has 0 aliphatic carbocycles. The van der Waals surface area contributed by atoms with E-state index in [4.69, 9.17) is 0 Å². The van der Waals surface area contributed by atoms with Gasteiger partial charge in [0.1, 0.15) is 0 Å². The minimum absolute atomic E-state index is 0.00192. The van der Waals surface area contributed by atoms with Gasteiger partial charge in [0.2, 0.25) is 5.91 Å². The fraction of sp³-hybridized carbons (Fsp3) is 0.933. The van der Waals surface area contributed by atoms with E-state index in [1.807, 2.05) is 0 Å². The number of rotatable bonds is 2. The van der Waals surface area contributed by atoms with Gasteiger partial charge in [0, 0.05) is 18.6 Å². The molecule has 1 aliphatic rings. The Labute approximate surface area is 112 Å². The lowest BCUT2D eigenvalue weighted by molar-refractivity contribution is -0.134. The van der Waals surface area contributed by atoms with Gasteiger partial charge in [-0.1, -0.05) is 20.8 Å². The zero-order chi connectivity index (χ0) is 14.0. The van der Waals surface area contributed by atoms with E-state index >= 15 is 0 Å². The normalized spacial score (nSPS) is 23.1. The van der Waals surface area contributed by atoms with E-state index in [-0.39, 0.29) is 22.9 Å². The maximum atomic E-state index is 12.6. The van der Waals surface area contributed by atoms with Gasteiger partial charge in [-0.15, -0.1) is 0 Å². The van der Waals surface area contributed by atoms with Crippen molar-refractivity contribution in [3.05, 3.63) is 0 Å². The molecule has 0 radical (unpaired) electrons. The zero-order valence-corrected chi connectivity index (χ0v) is 13.0. The zero-order valence-electron chi connectivity index (χ0n) is 13.0. The van der Waals surface area contributed by atoms with Crippen molar-refractivity contribution in [1.82, 2.24) is 10.2 Å². The van der Waals surface area contributed by atoms with Crippen molar-refractivity contribution >= 4 is 5.91 Å². The minimum atomic E-state index is -0.00477. The van der Waals surface area contributed by atoms with Crippen LogP contribution >= 0.6 is 0 Å². The van der Waals surface area contributed by atoms with Gasteiger partial charge in [0.25, 0.3) is 0 Å². The van der Waals surface area contributed by atoms with Crippen molar-refractivity contribution in [2.24, 2.45) is 5.41 Å². The summed E-state index contributed by atoms with van der Waals surface area (Å²) in [5.41, 5.74) is 0.171. The molecule has 3 heteroatoms. The van der Waals surface area contributed by atoms with Crippen molar-refractivity contribution in [2.75, 3.05) is 13.1 Å².